The average Bonchev–Trinajstić information content (AvgIpc) is 3.42. The number of piperidine rings is 2. The van der Waals surface area contributed by atoms with Gasteiger partial charge < -0.3 is 10.2 Å². The molecule has 2 aliphatic heterocycles. The molecule has 0 aliphatic carbocycles. The molecule has 0 bridgehead atoms. The van der Waals surface area contributed by atoms with Gasteiger partial charge in [-0.3, -0.25) is 5.10 Å². The normalized spacial score (nSPS) is 21.3. The van der Waals surface area contributed by atoms with Gasteiger partial charge in [-0.1, -0.05) is 0 Å². The first-order valence-electron chi connectivity index (χ1n) is 10.7. The summed E-state index contributed by atoms with van der Waals surface area (Å²) in [7, 11) is -3.17. The molecule has 3 aromatic rings. The second-order valence-corrected chi connectivity index (χ2v) is 10.4. The molecule has 5 heterocycles. The fraction of sp³-hybridized carbons (Fsp3) is 0.579. The van der Waals surface area contributed by atoms with E-state index in [0.717, 1.165) is 12.0 Å². The summed E-state index contributed by atoms with van der Waals surface area (Å²) >= 11 is 0. The first-order valence-corrected chi connectivity index (χ1v) is 12.6. The number of anilines is 2. The zero-order chi connectivity index (χ0) is 22.3. The third kappa shape index (κ3) is 4.13. The lowest BCUT2D eigenvalue weighted by molar-refractivity contribution is 0.285. The Morgan fingerprint density at radius 2 is 2.00 bits per heavy atom. The highest BCUT2D eigenvalue weighted by Gasteiger charge is 2.28. The summed E-state index contributed by atoms with van der Waals surface area (Å²) in [6, 6.07) is 0.0698. The predicted octanol–water partition coefficient (Wildman–Crippen LogP) is 1.29. The van der Waals surface area contributed by atoms with Crippen LogP contribution in [-0.2, 0) is 10.0 Å². The zero-order valence-electron chi connectivity index (χ0n) is 17.8. The molecule has 5 rings (SSSR count). The third-order valence-corrected chi connectivity index (χ3v) is 7.35. The predicted molar refractivity (Wildman–Crippen MR) is 118 cm³/mol. The third-order valence-electron chi connectivity index (χ3n) is 6.04. The number of nitrogens with one attached hydrogen (secondary N) is 2. The van der Waals surface area contributed by atoms with E-state index in [0.29, 0.717) is 62.0 Å². The quantitative estimate of drug-likeness (QED) is 0.580. The second kappa shape index (κ2) is 8.28. The molecular weight excluding hydrogens is 437 g/mol. The summed E-state index contributed by atoms with van der Waals surface area (Å²) in [5.74, 6) is 1.14. The lowest BCUT2D eigenvalue weighted by atomic mass is 10.1. The Labute approximate surface area is 185 Å². The molecule has 0 unspecified atom stereocenters. The largest absolute Gasteiger partial charge is 0.352 e. The summed E-state index contributed by atoms with van der Waals surface area (Å²) in [4.78, 5) is 11.1. The molecule has 13 heteroatoms. The zero-order valence-corrected chi connectivity index (χ0v) is 18.6. The Bertz CT molecular complexity index is 1190. The van der Waals surface area contributed by atoms with Crippen LogP contribution in [0.15, 0.2) is 18.6 Å². The number of nitrogens with zero attached hydrogens (tertiary/aromatic N) is 7. The Balaban J connectivity index is 1.45. The molecule has 0 amide bonds. The maximum absolute atomic E-state index is 14.2. The van der Waals surface area contributed by atoms with Crippen molar-refractivity contribution in [2.45, 2.75) is 37.9 Å². The highest BCUT2D eigenvalue weighted by atomic mass is 32.2. The van der Waals surface area contributed by atoms with Crippen molar-refractivity contribution in [3.05, 3.63) is 18.6 Å². The SMILES string of the molecule is CS(=O)(=O)N1CCC(Nc2nc3cnc(-c4cn[nH]c4)c(N4CCC[C@@H](F)C4)n3n2)CC1. The van der Waals surface area contributed by atoms with E-state index >= 15 is 0 Å². The average molecular weight is 464 g/mol. The summed E-state index contributed by atoms with van der Waals surface area (Å²) in [6.07, 6.45) is 8.05. The standard InChI is InChI=1S/C19H26FN9O2S/c1-32(30,31)28-7-4-15(5-8-28)24-19-25-16-11-21-17(13-9-22-23-10-13)18(29(16)26-19)27-6-2-3-14(20)12-27/h9-11,14-15H,2-8,12H2,1H3,(H,22,23)(H,24,26)/t14-/m1/s1. The second-order valence-electron chi connectivity index (χ2n) is 8.39. The summed E-state index contributed by atoms with van der Waals surface area (Å²) in [5, 5.41) is 14.8. The molecule has 2 fully saturated rings. The summed E-state index contributed by atoms with van der Waals surface area (Å²) in [6.45, 7) is 1.91. The van der Waals surface area contributed by atoms with E-state index in [-0.39, 0.29) is 12.6 Å². The smallest absolute Gasteiger partial charge is 0.243 e. The van der Waals surface area contributed by atoms with Crippen molar-refractivity contribution in [3.8, 4) is 11.3 Å². The number of halogens is 1. The van der Waals surface area contributed by atoms with E-state index in [1.807, 2.05) is 4.90 Å². The van der Waals surface area contributed by atoms with Crippen LogP contribution in [0.3, 0.4) is 0 Å². The van der Waals surface area contributed by atoms with Crippen LogP contribution in [0.5, 0.6) is 0 Å². The number of aromatic nitrogens is 6. The van der Waals surface area contributed by atoms with E-state index < -0.39 is 16.2 Å². The Morgan fingerprint density at radius 1 is 1.19 bits per heavy atom. The van der Waals surface area contributed by atoms with Gasteiger partial charge in [0.1, 0.15) is 11.9 Å². The van der Waals surface area contributed by atoms with Gasteiger partial charge in [0, 0.05) is 37.4 Å². The first-order chi connectivity index (χ1) is 15.4. The number of rotatable bonds is 5. The molecule has 0 saturated carbocycles. The number of sulfonamides is 1. The maximum Gasteiger partial charge on any atom is 0.243 e. The van der Waals surface area contributed by atoms with E-state index in [1.165, 1.54) is 10.6 Å². The molecule has 11 nitrogen and oxygen atoms in total. The van der Waals surface area contributed by atoms with Crippen LogP contribution in [0.1, 0.15) is 25.7 Å². The fourth-order valence-corrected chi connectivity index (χ4v) is 5.28. The summed E-state index contributed by atoms with van der Waals surface area (Å²) < 4.78 is 40.9. The van der Waals surface area contributed by atoms with Crippen molar-refractivity contribution in [3.63, 3.8) is 0 Å². The van der Waals surface area contributed by atoms with Gasteiger partial charge in [-0.15, -0.1) is 5.10 Å². The number of H-pyrrole nitrogens is 1. The lowest BCUT2D eigenvalue weighted by Gasteiger charge is -2.31. The van der Waals surface area contributed by atoms with Crippen molar-refractivity contribution >= 4 is 27.4 Å². The topological polar surface area (TPSA) is 124 Å². The van der Waals surface area contributed by atoms with E-state index in [2.05, 4.69) is 30.6 Å². The highest BCUT2D eigenvalue weighted by Crippen LogP contribution is 2.31. The minimum atomic E-state index is -3.17. The van der Waals surface area contributed by atoms with E-state index in [9.17, 15) is 12.8 Å². The van der Waals surface area contributed by atoms with Gasteiger partial charge in [-0.25, -0.2) is 22.1 Å². The first kappa shape index (κ1) is 21.1. The highest BCUT2D eigenvalue weighted by molar-refractivity contribution is 7.88. The molecule has 3 aromatic heterocycles. The molecule has 0 aromatic carbocycles. The molecule has 2 aliphatic rings. The fourth-order valence-electron chi connectivity index (χ4n) is 4.40. The van der Waals surface area contributed by atoms with Crippen molar-refractivity contribution in [1.29, 1.82) is 0 Å². The van der Waals surface area contributed by atoms with Crippen LogP contribution in [-0.4, -0.2) is 87.2 Å². The number of hydrogen-bond donors (Lipinski definition) is 2. The van der Waals surface area contributed by atoms with Crippen LogP contribution in [0.25, 0.3) is 16.9 Å². The molecule has 0 radical (unpaired) electrons. The van der Waals surface area contributed by atoms with Gasteiger partial charge in [0.15, 0.2) is 11.5 Å². The van der Waals surface area contributed by atoms with Crippen LogP contribution in [0.2, 0.25) is 0 Å². The van der Waals surface area contributed by atoms with Crippen LogP contribution in [0.4, 0.5) is 16.2 Å². The molecule has 1 atom stereocenters. The van der Waals surface area contributed by atoms with Gasteiger partial charge in [-0.05, 0) is 25.7 Å². The van der Waals surface area contributed by atoms with E-state index in [1.54, 1.807) is 23.1 Å². The van der Waals surface area contributed by atoms with Gasteiger partial charge in [0.25, 0.3) is 0 Å². The van der Waals surface area contributed by atoms with Crippen LogP contribution >= 0.6 is 0 Å². The molecule has 2 N–H and O–H groups in total. The molecule has 32 heavy (non-hydrogen) atoms. The van der Waals surface area contributed by atoms with Gasteiger partial charge in [-0.2, -0.15) is 14.6 Å². The van der Waals surface area contributed by atoms with Crippen molar-refractivity contribution in [2.24, 2.45) is 0 Å². The minimum absolute atomic E-state index is 0.0698. The van der Waals surface area contributed by atoms with Crippen molar-refractivity contribution < 1.29 is 12.8 Å². The van der Waals surface area contributed by atoms with Gasteiger partial charge in [0.2, 0.25) is 16.0 Å². The molecule has 0 spiro atoms. The monoisotopic (exact) mass is 463 g/mol. The number of aromatic amines is 1. The van der Waals surface area contributed by atoms with Crippen LogP contribution in [0, 0.1) is 0 Å². The molecular formula is C19H26FN9O2S. The Morgan fingerprint density at radius 3 is 2.69 bits per heavy atom. The van der Waals surface area contributed by atoms with Crippen LogP contribution < -0.4 is 10.2 Å². The van der Waals surface area contributed by atoms with Gasteiger partial charge >= 0.3 is 0 Å². The van der Waals surface area contributed by atoms with Crippen molar-refractivity contribution in [1.82, 2.24) is 34.1 Å². The maximum atomic E-state index is 14.2. The number of hydrogen-bond acceptors (Lipinski definition) is 8. The lowest BCUT2D eigenvalue weighted by Crippen LogP contribution is -2.42. The van der Waals surface area contributed by atoms with Gasteiger partial charge in [0.05, 0.1) is 25.2 Å². The van der Waals surface area contributed by atoms with Crippen molar-refractivity contribution in [2.75, 3.05) is 42.7 Å². The Hall–Kier alpha value is -2.80. The number of alkyl halides is 1. The number of fused-ring (bicyclic) bond motifs is 1. The molecule has 2 saturated heterocycles. The van der Waals surface area contributed by atoms with E-state index in [4.69, 9.17) is 0 Å². The summed E-state index contributed by atoms with van der Waals surface area (Å²) in [5.41, 5.74) is 2.02. The minimum Gasteiger partial charge on any atom is -0.352 e. The Kier molecular flexibility index (Phi) is 5.45. The molecule has 172 valence electrons.